The number of oxime groups is 1. The molecule has 1 unspecified atom stereocenters. The molecule has 0 fully saturated rings. The number of hydrogen-bond donors (Lipinski definition) is 2. The molecule has 0 aliphatic heterocycles. The maximum Gasteiger partial charge on any atom is 0.253 e. The van der Waals surface area contributed by atoms with E-state index in [1.165, 1.54) is 19.2 Å². The molecule has 0 bridgehead atoms. The zero-order valence-corrected chi connectivity index (χ0v) is 12.4. The Morgan fingerprint density at radius 1 is 1.64 bits per heavy atom. The zero-order chi connectivity index (χ0) is 16.5. The van der Waals surface area contributed by atoms with Crippen LogP contribution in [-0.2, 0) is 0 Å². The number of nitro groups is 1. The van der Waals surface area contributed by atoms with E-state index in [1.54, 1.807) is 25.3 Å². The maximum atomic E-state index is 11.8. The fraction of sp³-hybridized carbons (Fsp3) is 0.357. The molecular formula is C14H18N4O4. The van der Waals surface area contributed by atoms with Gasteiger partial charge in [0.1, 0.15) is 0 Å². The molecule has 1 rings (SSSR count). The first kappa shape index (κ1) is 17.3. The van der Waals surface area contributed by atoms with E-state index < -0.39 is 11.0 Å². The smallest absolute Gasteiger partial charge is 0.253 e. The van der Waals surface area contributed by atoms with Crippen molar-refractivity contribution in [3.63, 3.8) is 0 Å². The van der Waals surface area contributed by atoms with E-state index in [2.05, 4.69) is 15.5 Å². The van der Waals surface area contributed by atoms with Crippen molar-refractivity contribution in [2.45, 2.75) is 26.3 Å². The Hall–Kier alpha value is -2.77. The zero-order valence-electron chi connectivity index (χ0n) is 12.4. The van der Waals surface area contributed by atoms with Gasteiger partial charge in [0.2, 0.25) is 6.04 Å². The van der Waals surface area contributed by atoms with E-state index in [1.807, 2.05) is 0 Å². The van der Waals surface area contributed by atoms with Crippen LogP contribution in [0.4, 0.5) is 0 Å². The monoisotopic (exact) mass is 306 g/mol. The lowest BCUT2D eigenvalue weighted by molar-refractivity contribution is -0.507. The summed E-state index contributed by atoms with van der Waals surface area (Å²) in [5.41, 5.74) is 1.02. The molecule has 2 N–H and O–H groups in total. The molecule has 0 aliphatic rings. The second-order valence-electron chi connectivity index (χ2n) is 4.55. The normalized spacial score (nSPS) is 13.5. The quantitative estimate of drug-likeness (QED) is 0.343. The van der Waals surface area contributed by atoms with Gasteiger partial charge in [0.15, 0.2) is 0 Å². The SMILES string of the molecule is CC/C(=C\C(CNC(=O)c1cccnc1)=N\O)C(C)[N+](=O)[O-]. The van der Waals surface area contributed by atoms with Crippen LogP contribution in [0.5, 0.6) is 0 Å². The van der Waals surface area contributed by atoms with Gasteiger partial charge >= 0.3 is 0 Å². The van der Waals surface area contributed by atoms with Crippen LogP contribution in [0.3, 0.4) is 0 Å². The molecule has 0 aromatic carbocycles. The van der Waals surface area contributed by atoms with Crippen LogP contribution in [0.25, 0.3) is 0 Å². The summed E-state index contributed by atoms with van der Waals surface area (Å²) in [5, 5.41) is 25.4. The summed E-state index contributed by atoms with van der Waals surface area (Å²) >= 11 is 0. The molecule has 0 saturated carbocycles. The Balaban J connectivity index is 2.73. The van der Waals surface area contributed by atoms with Gasteiger partial charge in [-0.25, -0.2) is 0 Å². The van der Waals surface area contributed by atoms with Crippen LogP contribution < -0.4 is 5.32 Å². The first-order valence-corrected chi connectivity index (χ1v) is 6.72. The minimum atomic E-state index is -0.879. The van der Waals surface area contributed by atoms with Crippen molar-refractivity contribution >= 4 is 11.6 Å². The van der Waals surface area contributed by atoms with E-state index in [0.717, 1.165) is 0 Å². The highest BCUT2D eigenvalue weighted by Crippen LogP contribution is 2.10. The fourth-order valence-corrected chi connectivity index (χ4v) is 1.75. The molecule has 1 amide bonds. The molecule has 1 heterocycles. The summed E-state index contributed by atoms with van der Waals surface area (Å²) in [6, 6.07) is 2.35. The van der Waals surface area contributed by atoms with E-state index in [4.69, 9.17) is 5.21 Å². The average Bonchev–Trinajstić information content (AvgIpc) is 2.55. The first-order valence-electron chi connectivity index (χ1n) is 6.72. The molecule has 0 radical (unpaired) electrons. The van der Waals surface area contributed by atoms with Gasteiger partial charge in [-0.1, -0.05) is 12.1 Å². The second-order valence-corrected chi connectivity index (χ2v) is 4.55. The Morgan fingerprint density at radius 3 is 2.86 bits per heavy atom. The van der Waals surface area contributed by atoms with Crippen molar-refractivity contribution in [2.75, 3.05) is 6.54 Å². The number of rotatable bonds is 7. The minimum Gasteiger partial charge on any atom is -0.411 e. The van der Waals surface area contributed by atoms with Crippen LogP contribution >= 0.6 is 0 Å². The molecule has 1 atom stereocenters. The van der Waals surface area contributed by atoms with Crippen molar-refractivity contribution in [1.29, 1.82) is 0 Å². The van der Waals surface area contributed by atoms with Crippen LogP contribution in [0.15, 0.2) is 41.3 Å². The number of nitrogens with zero attached hydrogens (tertiary/aromatic N) is 3. The third-order valence-electron chi connectivity index (χ3n) is 3.10. The highest BCUT2D eigenvalue weighted by molar-refractivity contribution is 6.01. The lowest BCUT2D eigenvalue weighted by Crippen LogP contribution is -2.29. The Labute approximate surface area is 127 Å². The maximum absolute atomic E-state index is 11.8. The summed E-state index contributed by atoms with van der Waals surface area (Å²) in [4.78, 5) is 26.1. The van der Waals surface area contributed by atoms with Crippen molar-refractivity contribution in [2.24, 2.45) is 5.16 Å². The number of nitrogens with one attached hydrogen (secondary N) is 1. The van der Waals surface area contributed by atoms with Gasteiger partial charge in [0, 0.05) is 29.8 Å². The third kappa shape index (κ3) is 4.97. The van der Waals surface area contributed by atoms with E-state index in [-0.39, 0.29) is 18.2 Å². The van der Waals surface area contributed by atoms with Gasteiger partial charge in [0.05, 0.1) is 17.8 Å². The lowest BCUT2D eigenvalue weighted by atomic mass is 10.0. The molecule has 1 aromatic heterocycles. The average molecular weight is 306 g/mol. The Kier molecular flexibility index (Phi) is 6.68. The molecule has 1 aromatic rings. The molecule has 0 aliphatic carbocycles. The van der Waals surface area contributed by atoms with Gasteiger partial charge < -0.3 is 10.5 Å². The summed E-state index contributed by atoms with van der Waals surface area (Å²) in [5.74, 6) is -0.372. The van der Waals surface area contributed by atoms with Crippen LogP contribution in [0, 0.1) is 10.1 Å². The number of carbonyl (C=O) groups excluding carboxylic acids is 1. The molecule has 22 heavy (non-hydrogen) atoms. The topological polar surface area (TPSA) is 118 Å². The Morgan fingerprint density at radius 2 is 2.36 bits per heavy atom. The van der Waals surface area contributed by atoms with Crippen LogP contribution in [0.2, 0.25) is 0 Å². The number of aromatic nitrogens is 1. The van der Waals surface area contributed by atoms with Gasteiger partial charge in [-0.3, -0.25) is 19.9 Å². The summed E-state index contributed by atoms with van der Waals surface area (Å²) in [7, 11) is 0. The van der Waals surface area contributed by atoms with Crippen molar-refractivity contribution in [3.8, 4) is 0 Å². The van der Waals surface area contributed by atoms with E-state index in [0.29, 0.717) is 17.6 Å². The highest BCUT2D eigenvalue weighted by Gasteiger charge is 2.18. The van der Waals surface area contributed by atoms with Gasteiger partial charge in [-0.15, -0.1) is 0 Å². The van der Waals surface area contributed by atoms with Crippen molar-refractivity contribution in [1.82, 2.24) is 10.3 Å². The molecular weight excluding hydrogens is 288 g/mol. The highest BCUT2D eigenvalue weighted by atomic mass is 16.6. The Bertz CT molecular complexity index is 584. The molecule has 118 valence electrons. The second kappa shape index (κ2) is 8.50. The van der Waals surface area contributed by atoms with Crippen LogP contribution in [0.1, 0.15) is 30.6 Å². The molecule has 8 nitrogen and oxygen atoms in total. The standard InChI is InChI=1S/C14H18N4O4/c1-3-11(10(2)18(21)22)7-13(17-20)9-16-14(19)12-5-4-6-15-8-12/h4-8,10,20H,3,9H2,1-2H3,(H,16,19)/b11-7+,17-13-. The minimum absolute atomic E-state index is 0.0435. The van der Waals surface area contributed by atoms with Crippen LogP contribution in [-0.4, -0.2) is 39.3 Å². The largest absolute Gasteiger partial charge is 0.411 e. The number of pyridine rings is 1. The van der Waals surface area contributed by atoms with Crippen molar-refractivity contribution in [3.05, 3.63) is 51.9 Å². The number of carbonyl (C=O) groups is 1. The first-order chi connectivity index (χ1) is 10.5. The molecule has 0 saturated heterocycles. The predicted octanol–water partition coefficient (Wildman–Crippen LogP) is 1.64. The van der Waals surface area contributed by atoms with Gasteiger partial charge in [-0.05, 0) is 24.6 Å². The predicted molar refractivity (Wildman–Crippen MR) is 80.6 cm³/mol. The van der Waals surface area contributed by atoms with E-state index >= 15 is 0 Å². The third-order valence-corrected chi connectivity index (χ3v) is 3.10. The number of hydrogen-bond acceptors (Lipinski definition) is 6. The van der Waals surface area contributed by atoms with E-state index in [9.17, 15) is 14.9 Å². The molecule has 0 spiro atoms. The van der Waals surface area contributed by atoms with Gasteiger partial charge in [-0.2, -0.15) is 0 Å². The summed E-state index contributed by atoms with van der Waals surface area (Å²) < 4.78 is 0. The van der Waals surface area contributed by atoms with Gasteiger partial charge in [0.25, 0.3) is 5.91 Å². The summed E-state index contributed by atoms with van der Waals surface area (Å²) in [6.07, 6.45) is 4.83. The summed E-state index contributed by atoms with van der Waals surface area (Å²) in [6.45, 7) is 3.19. The number of amides is 1. The van der Waals surface area contributed by atoms with Crippen molar-refractivity contribution < 1.29 is 14.9 Å². The lowest BCUT2D eigenvalue weighted by Gasteiger charge is -2.08. The molecule has 8 heteroatoms. The fourth-order valence-electron chi connectivity index (χ4n) is 1.75.